The monoisotopic (exact) mass is 504 g/mol. The van der Waals surface area contributed by atoms with E-state index in [0.717, 1.165) is 57.8 Å². The number of benzene rings is 2. The van der Waals surface area contributed by atoms with Gasteiger partial charge in [0.15, 0.2) is 17.2 Å². The van der Waals surface area contributed by atoms with E-state index in [9.17, 15) is 4.79 Å². The Morgan fingerprint density at radius 2 is 1.83 bits per heavy atom. The first-order valence-electron chi connectivity index (χ1n) is 12.6. The van der Waals surface area contributed by atoms with Gasteiger partial charge in [0.05, 0.1) is 30.6 Å². The Labute approximate surface area is 213 Å². The molecule has 36 heavy (non-hydrogen) atoms. The predicted molar refractivity (Wildman–Crippen MR) is 136 cm³/mol. The van der Waals surface area contributed by atoms with Crippen LogP contribution in [0.25, 0.3) is 11.0 Å². The number of hydrogen-bond acceptors (Lipinski definition) is 8. The summed E-state index contributed by atoms with van der Waals surface area (Å²) in [6.45, 7) is 2.81. The first kappa shape index (κ1) is 23.0. The van der Waals surface area contributed by atoms with Crippen LogP contribution in [-0.4, -0.2) is 37.9 Å². The fraction of sp³-hybridized carbons (Fsp3) is 0.407. The highest BCUT2D eigenvalue weighted by Gasteiger charge is 2.30. The molecule has 6 rings (SSSR count). The van der Waals surface area contributed by atoms with Crippen LogP contribution in [-0.2, 0) is 17.7 Å². The summed E-state index contributed by atoms with van der Waals surface area (Å²) in [6, 6.07) is 12.0. The maximum Gasteiger partial charge on any atom is 0.356 e. The Balaban J connectivity index is 1.44. The Hall–Kier alpha value is -3.46. The van der Waals surface area contributed by atoms with E-state index in [1.807, 2.05) is 35.9 Å². The lowest BCUT2D eigenvalue weighted by molar-refractivity contribution is 0.0511. The number of aromatic nitrogens is 4. The molecule has 0 spiro atoms. The molecule has 0 amide bonds. The van der Waals surface area contributed by atoms with Crippen LogP contribution < -0.4 is 9.47 Å². The van der Waals surface area contributed by atoms with Crippen molar-refractivity contribution in [3.63, 3.8) is 0 Å². The summed E-state index contributed by atoms with van der Waals surface area (Å²) in [6.07, 6.45) is 6.39. The first-order chi connectivity index (χ1) is 17.7. The summed E-state index contributed by atoms with van der Waals surface area (Å²) in [5.74, 6) is 1.46. The molecule has 3 heterocycles. The molecule has 0 bridgehead atoms. The van der Waals surface area contributed by atoms with Crippen LogP contribution in [0.4, 0.5) is 0 Å². The van der Waals surface area contributed by atoms with Crippen molar-refractivity contribution in [1.29, 1.82) is 0 Å². The van der Waals surface area contributed by atoms with Gasteiger partial charge in [-0.15, -0.1) is 0 Å². The SMILES string of the molecule is CCOC(=O)c1c(Cc2ccc3nsnc3c2)c(C2CCCCC2)nn1Cc1ccc2c(c1)OCO2. The average Bonchev–Trinajstić information content (AvgIpc) is 3.63. The minimum atomic E-state index is -0.334. The van der Waals surface area contributed by atoms with Crippen molar-refractivity contribution in [2.75, 3.05) is 13.4 Å². The molecule has 2 aliphatic rings. The van der Waals surface area contributed by atoms with Crippen LogP contribution in [0, 0.1) is 0 Å². The number of carbonyl (C=O) groups excluding carboxylic acids is 1. The lowest BCUT2D eigenvalue weighted by Crippen LogP contribution is -2.16. The second-order valence-corrected chi connectivity index (χ2v) is 9.91. The zero-order valence-corrected chi connectivity index (χ0v) is 21.1. The van der Waals surface area contributed by atoms with Gasteiger partial charge in [0.25, 0.3) is 0 Å². The van der Waals surface area contributed by atoms with Crippen LogP contribution in [0.15, 0.2) is 36.4 Å². The summed E-state index contributed by atoms with van der Waals surface area (Å²) in [5.41, 5.74) is 6.36. The number of hydrogen-bond donors (Lipinski definition) is 0. The van der Waals surface area contributed by atoms with E-state index in [4.69, 9.17) is 19.3 Å². The smallest absolute Gasteiger partial charge is 0.356 e. The van der Waals surface area contributed by atoms with E-state index in [0.29, 0.717) is 31.2 Å². The molecule has 0 N–H and O–H groups in total. The van der Waals surface area contributed by atoms with Gasteiger partial charge in [-0.25, -0.2) is 4.79 Å². The van der Waals surface area contributed by atoms with Gasteiger partial charge in [-0.3, -0.25) is 4.68 Å². The van der Waals surface area contributed by atoms with E-state index >= 15 is 0 Å². The highest BCUT2D eigenvalue weighted by Crippen LogP contribution is 2.37. The molecule has 8 nitrogen and oxygen atoms in total. The van der Waals surface area contributed by atoms with Crippen molar-refractivity contribution in [1.82, 2.24) is 18.5 Å². The molecule has 186 valence electrons. The molecule has 0 unspecified atom stereocenters. The van der Waals surface area contributed by atoms with E-state index in [1.165, 1.54) is 31.0 Å². The van der Waals surface area contributed by atoms with Gasteiger partial charge in [-0.05, 0) is 55.2 Å². The molecule has 0 atom stereocenters. The van der Waals surface area contributed by atoms with E-state index in [2.05, 4.69) is 20.9 Å². The lowest BCUT2D eigenvalue weighted by atomic mass is 9.84. The third kappa shape index (κ3) is 4.43. The van der Waals surface area contributed by atoms with E-state index in [1.54, 1.807) is 0 Å². The fourth-order valence-electron chi connectivity index (χ4n) is 5.29. The molecule has 9 heteroatoms. The van der Waals surface area contributed by atoms with Crippen molar-refractivity contribution in [2.45, 2.75) is 57.9 Å². The molecular formula is C27H28N4O4S. The molecule has 0 radical (unpaired) electrons. The highest BCUT2D eigenvalue weighted by molar-refractivity contribution is 7.00. The topological polar surface area (TPSA) is 88.4 Å². The Morgan fingerprint density at radius 3 is 2.69 bits per heavy atom. The standard InChI is InChI=1S/C27H28N4O4S/c1-2-33-27(32)26-20(12-17-8-10-21-22(13-17)30-36-29-21)25(19-6-4-3-5-7-19)28-31(26)15-18-9-11-23-24(14-18)35-16-34-23/h8-11,13-14,19H,2-7,12,15-16H2,1H3. The van der Waals surface area contributed by atoms with Crippen molar-refractivity contribution in [3.8, 4) is 11.5 Å². The van der Waals surface area contributed by atoms with Crippen LogP contribution in [0.2, 0.25) is 0 Å². The Morgan fingerprint density at radius 1 is 1.03 bits per heavy atom. The maximum atomic E-state index is 13.4. The molecule has 0 saturated heterocycles. The third-order valence-electron chi connectivity index (χ3n) is 7.01. The molecule has 1 fully saturated rings. The molecule has 4 aromatic rings. The summed E-state index contributed by atoms with van der Waals surface area (Å²) < 4.78 is 27.1. The van der Waals surface area contributed by atoms with Crippen molar-refractivity contribution in [3.05, 3.63) is 64.5 Å². The molecular weight excluding hydrogens is 476 g/mol. The number of rotatable bonds is 7. The number of esters is 1. The normalized spacial score (nSPS) is 15.5. The first-order valence-corrected chi connectivity index (χ1v) is 13.3. The quantitative estimate of drug-likeness (QED) is 0.308. The lowest BCUT2D eigenvalue weighted by Gasteiger charge is -2.21. The van der Waals surface area contributed by atoms with E-state index in [-0.39, 0.29) is 12.8 Å². The molecule has 1 aliphatic heterocycles. The maximum absolute atomic E-state index is 13.4. The fourth-order valence-corrected chi connectivity index (χ4v) is 5.81. The van der Waals surface area contributed by atoms with Crippen LogP contribution in [0.3, 0.4) is 0 Å². The second-order valence-electron chi connectivity index (χ2n) is 9.38. The van der Waals surface area contributed by atoms with Gasteiger partial charge >= 0.3 is 5.97 Å². The summed E-state index contributed by atoms with van der Waals surface area (Å²) >= 11 is 1.21. The zero-order valence-electron chi connectivity index (χ0n) is 20.2. The van der Waals surface area contributed by atoms with E-state index < -0.39 is 0 Å². The molecule has 1 saturated carbocycles. The van der Waals surface area contributed by atoms with Gasteiger partial charge in [0.1, 0.15) is 11.0 Å². The van der Waals surface area contributed by atoms with Gasteiger partial charge in [-0.1, -0.05) is 31.4 Å². The van der Waals surface area contributed by atoms with Gasteiger partial charge < -0.3 is 14.2 Å². The number of carbonyl (C=O) groups is 1. The Kier molecular flexibility index (Phi) is 6.31. The second kappa shape index (κ2) is 9.89. The van der Waals surface area contributed by atoms with Gasteiger partial charge in [0.2, 0.25) is 6.79 Å². The number of fused-ring (bicyclic) bond motifs is 2. The number of ether oxygens (including phenoxy) is 3. The summed E-state index contributed by atoms with van der Waals surface area (Å²) in [4.78, 5) is 13.4. The highest BCUT2D eigenvalue weighted by atomic mass is 32.1. The zero-order chi connectivity index (χ0) is 24.5. The largest absolute Gasteiger partial charge is 0.461 e. The van der Waals surface area contributed by atoms with Crippen molar-refractivity contribution in [2.24, 2.45) is 0 Å². The minimum absolute atomic E-state index is 0.226. The predicted octanol–water partition coefficient (Wildman–Crippen LogP) is 5.48. The summed E-state index contributed by atoms with van der Waals surface area (Å²) in [7, 11) is 0. The van der Waals surface area contributed by atoms with Crippen molar-refractivity contribution < 1.29 is 19.0 Å². The van der Waals surface area contributed by atoms with Crippen LogP contribution >= 0.6 is 11.7 Å². The molecule has 2 aromatic carbocycles. The van der Waals surface area contributed by atoms with Gasteiger partial charge in [0, 0.05) is 17.9 Å². The Bertz CT molecular complexity index is 1410. The van der Waals surface area contributed by atoms with Gasteiger partial charge in [-0.2, -0.15) is 13.8 Å². The number of nitrogens with zero attached hydrogens (tertiary/aromatic N) is 4. The third-order valence-corrected chi connectivity index (χ3v) is 7.57. The van der Waals surface area contributed by atoms with Crippen molar-refractivity contribution >= 4 is 28.7 Å². The molecule has 1 aliphatic carbocycles. The van der Waals surface area contributed by atoms with Crippen LogP contribution in [0.1, 0.15) is 77.8 Å². The van der Waals surface area contributed by atoms with Crippen LogP contribution in [0.5, 0.6) is 11.5 Å². The molecule has 2 aromatic heterocycles. The summed E-state index contributed by atoms with van der Waals surface area (Å²) in [5, 5.41) is 5.09. The average molecular weight is 505 g/mol. The minimum Gasteiger partial charge on any atom is -0.461 e.